The van der Waals surface area contributed by atoms with E-state index in [1.807, 2.05) is 72.8 Å². The lowest BCUT2D eigenvalue weighted by Crippen LogP contribution is -2.06. The minimum atomic E-state index is 0.572. The first kappa shape index (κ1) is 27.9. The summed E-state index contributed by atoms with van der Waals surface area (Å²) < 4.78 is 11.0. The molecule has 0 saturated carbocycles. The van der Waals surface area contributed by atoms with Crippen LogP contribution in [0.1, 0.15) is 0 Å². The van der Waals surface area contributed by atoms with Gasteiger partial charge in [0.2, 0.25) is 5.95 Å². The van der Waals surface area contributed by atoms with Crippen molar-refractivity contribution in [3.8, 4) is 34.4 Å². The molecule has 0 unspecified atom stereocenters. The van der Waals surface area contributed by atoms with Crippen molar-refractivity contribution in [3.63, 3.8) is 0 Å². The number of hydrogen-bond acceptors (Lipinski definition) is 4. The third-order valence-electron chi connectivity index (χ3n) is 9.97. The highest BCUT2D eigenvalue weighted by molar-refractivity contribution is 6.33. The van der Waals surface area contributed by atoms with E-state index in [9.17, 15) is 0 Å². The lowest BCUT2D eigenvalue weighted by atomic mass is 10.0. The van der Waals surface area contributed by atoms with E-state index in [4.69, 9.17) is 19.4 Å². The number of hydrogen-bond donors (Lipinski definition) is 0. The van der Waals surface area contributed by atoms with Gasteiger partial charge in [0.15, 0.2) is 11.6 Å². The van der Waals surface area contributed by atoms with Crippen LogP contribution in [-0.4, -0.2) is 24.1 Å². The van der Waals surface area contributed by atoms with Crippen LogP contribution in [0.3, 0.4) is 0 Å². The van der Waals surface area contributed by atoms with Gasteiger partial charge in [-0.05, 0) is 48.5 Å². The quantitative estimate of drug-likeness (QED) is 0.190. The summed E-state index contributed by atoms with van der Waals surface area (Å²) in [4.78, 5) is 15.3. The molecule has 6 heteroatoms. The molecular formula is C45H27N5O. The van der Waals surface area contributed by atoms with E-state index < -0.39 is 0 Å². The third-order valence-corrected chi connectivity index (χ3v) is 9.97. The number of rotatable bonds is 4. The van der Waals surface area contributed by atoms with E-state index >= 15 is 0 Å². The second kappa shape index (κ2) is 10.7. The molecule has 0 aliphatic rings. The lowest BCUT2D eigenvalue weighted by Gasteiger charge is -2.11. The van der Waals surface area contributed by atoms with E-state index in [0.29, 0.717) is 17.6 Å². The Hall–Kier alpha value is -7.05. The first-order chi connectivity index (χ1) is 25.3. The zero-order valence-electron chi connectivity index (χ0n) is 27.2. The normalized spacial score (nSPS) is 11.9. The molecule has 0 amide bonds. The molecule has 0 atom stereocenters. The molecule has 11 aromatic rings. The molecule has 0 saturated heterocycles. The van der Waals surface area contributed by atoms with Gasteiger partial charge in [-0.1, -0.05) is 115 Å². The summed E-state index contributed by atoms with van der Waals surface area (Å²) in [6.45, 7) is 0. The van der Waals surface area contributed by atoms with E-state index in [-0.39, 0.29) is 0 Å². The van der Waals surface area contributed by atoms with Crippen molar-refractivity contribution in [3.05, 3.63) is 164 Å². The van der Waals surface area contributed by atoms with E-state index in [1.165, 1.54) is 5.39 Å². The molecule has 51 heavy (non-hydrogen) atoms. The maximum Gasteiger partial charge on any atom is 0.238 e. The van der Waals surface area contributed by atoms with Crippen LogP contribution in [-0.2, 0) is 0 Å². The monoisotopic (exact) mass is 653 g/mol. The van der Waals surface area contributed by atoms with E-state index in [0.717, 1.165) is 77.0 Å². The molecule has 0 bridgehead atoms. The second-order valence-electron chi connectivity index (χ2n) is 12.8. The predicted octanol–water partition coefficient (Wildman–Crippen LogP) is 11.3. The number of aromatic nitrogens is 5. The summed E-state index contributed by atoms with van der Waals surface area (Å²) in [5.74, 6) is 1.83. The number of para-hydroxylation sites is 3. The Labute approximate surface area is 291 Å². The minimum Gasteiger partial charge on any atom is -0.456 e. The third kappa shape index (κ3) is 4.07. The molecule has 4 aromatic heterocycles. The van der Waals surface area contributed by atoms with Crippen molar-refractivity contribution in [2.75, 3.05) is 0 Å². The van der Waals surface area contributed by atoms with Gasteiger partial charge in [0.1, 0.15) is 11.2 Å². The van der Waals surface area contributed by atoms with Gasteiger partial charge in [-0.3, -0.25) is 4.57 Å². The second-order valence-corrected chi connectivity index (χ2v) is 12.8. The molecule has 7 aromatic carbocycles. The van der Waals surface area contributed by atoms with Crippen molar-refractivity contribution >= 4 is 65.6 Å². The summed E-state index contributed by atoms with van der Waals surface area (Å²) in [7, 11) is 0. The zero-order chi connectivity index (χ0) is 33.5. The van der Waals surface area contributed by atoms with Crippen molar-refractivity contribution < 1.29 is 4.42 Å². The molecule has 0 fully saturated rings. The van der Waals surface area contributed by atoms with Crippen LogP contribution in [0.4, 0.5) is 0 Å². The number of nitrogens with zero attached hydrogens (tertiary/aromatic N) is 5. The largest absolute Gasteiger partial charge is 0.456 e. The molecule has 0 aliphatic heterocycles. The Balaban J connectivity index is 1.30. The Morgan fingerprint density at radius 1 is 0.373 bits per heavy atom. The molecule has 11 rings (SSSR count). The summed E-state index contributed by atoms with van der Waals surface area (Å²) in [5.41, 5.74) is 9.01. The fourth-order valence-corrected chi connectivity index (χ4v) is 7.82. The first-order valence-corrected chi connectivity index (χ1v) is 17.0. The fourth-order valence-electron chi connectivity index (χ4n) is 7.82. The fraction of sp³-hybridized carbons (Fsp3) is 0. The van der Waals surface area contributed by atoms with Crippen molar-refractivity contribution in [2.24, 2.45) is 0 Å². The number of furan rings is 1. The van der Waals surface area contributed by atoms with Crippen LogP contribution in [0.25, 0.3) is 100.0 Å². The van der Waals surface area contributed by atoms with Crippen LogP contribution in [0.15, 0.2) is 168 Å². The Morgan fingerprint density at radius 2 is 0.941 bits per heavy atom. The van der Waals surface area contributed by atoms with Crippen molar-refractivity contribution in [1.29, 1.82) is 0 Å². The van der Waals surface area contributed by atoms with Gasteiger partial charge in [0.25, 0.3) is 0 Å². The van der Waals surface area contributed by atoms with Gasteiger partial charge in [0, 0.05) is 43.7 Å². The highest BCUT2D eigenvalue weighted by Crippen LogP contribution is 2.45. The summed E-state index contributed by atoms with van der Waals surface area (Å²) >= 11 is 0. The molecule has 0 aliphatic carbocycles. The molecule has 238 valence electrons. The summed E-state index contributed by atoms with van der Waals surface area (Å²) in [6, 6.07) is 56.5. The lowest BCUT2D eigenvalue weighted by molar-refractivity contribution is 0.669. The Bertz CT molecular complexity index is 3060. The highest BCUT2D eigenvalue weighted by atomic mass is 16.3. The van der Waals surface area contributed by atoms with Gasteiger partial charge in [-0.2, -0.15) is 9.97 Å². The Morgan fingerprint density at radius 3 is 1.65 bits per heavy atom. The average molecular weight is 654 g/mol. The summed E-state index contributed by atoms with van der Waals surface area (Å²) in [6.07, 6.45) is 0. The van der Waals surface area contributed by atoms with Crippen LogP contribution in [0, 0.1) is 0 Å². The Kier molecular flexibility index (Phi) is 5.86. The van der Waals surface area contributed by atoms with Gasteiger partial charge in [0.05, 0.1) is 27.5 Å². The van der Waals surface area contributed by atoms with Crippen molar-refractivity contribution in [1.82, 2.24) is 24.1 Å². The predicted molar refractivity (Wildman–Crippen MR) is 207 cm³/mol. The molecule has 0 spiro atoms. The van der Waals surface area contributed by atoms with E-state index in [1.54, 1.807) is 0 Å². The van der Waals surface area contributed by atoms with E-state index in [2.05, 4.69) is 100 Å². The van der Waals surface area contributed by atoms with Gasteiger partial charge in [-0.25, -0.2) is 4.98 Å². The first-order valence-electron chi connectivity index (χ1n) is 17.0. The molecular weight excluding hydrogens is 627 g/mol. The standard InChI is InChI=1S/C45H27N5O/c1-4-14-28(15-5-1)43-46-44(29-16-6-2-7-17-29)48-45(47-43)50-34-22-12-10-20-31(34)39-36(50)26-25-35-40(39)33-24-27-38-41(32-21-11-13-23-37(32)51-38)42(33)49(35)30-18-8-3-9-19-30/h1-27H. The maximum absolute atomic E-state index is 6.42. The molecule has 4 heterocycles. The van der Waals surface area contributed by atoms with Crippen LogP contribution < -0.4 is 0 Å². The summed E-state index contributed by atoms with van der Waals surface area (Å²) in [5, 5.41) is 6.82. The maximum atomic E-state index is 6.42. The highest BCUT2D eigenvalue weighted by Gasteiger charge is 2.24. The molecule has 6 nitrogen and oxygen atoms in total. The van der Waals surface area contributed by atoms with Gasteiger partial charge in [-0.15, -0.1) is 0 Å². The topological polar surface area (TPSA) is 61.7 Å². The molecule has 0 N–H and O–H groups in total. The number of fused-ring (bicyclic) bond motifs is 11. The molecule has 0 radical (unpaired) electrons. The van der Waals surface area contributed by atoms with Crippen LogP contribution in [0.5, 0.6) is 0 Å². The van der Waals surface area contributed by atoms with Gasteiger partial charge < -0.3 is 8.98 Å². The zero-order valence-corrected chi connectivity index (χ0v) is 27.2. The average Bonchev–Trinajstić information content (AvgIpc) is 3.86. The van der Waals surface area contributed by atoms with Crippen molar-refractivity contribution in [2.45, 2.75) is 0 Å². The van der Waals surface area contributed by atoms with Crippen LogP contribution in [0.2, 0.25) is 0 Å². The van der Waals surface area contributed by atoms with Gasteiger partial charge >= 0.3 is 0 Å². The number of benzene rings is 7. The van der Waals surface area contributed by atoms with Crippen LogP contribution >= 0.6 is 0 Å². The minimum absolute atomic E-state index is 0.572. The smallest absolute Gasteiger partial charge is 0.238 e. The SMILES string of the molecule is c1ccc(-c2nc(-c3ccccc3)nc(-n3c4ccccc4c4c5c6ccc7oc8ccccc8c7c6n(-c6ccccc6)c5ccc43)n2)cc1.